The Bertz CT molecular complexity index is 658. The molecule has 0 bridgehead atoms. The van der Waals surface area contributed by atoms with E-state index in [4.69, 9.17) is 9.47 Å². The fourth-order valence-corrected chi connectivity index (χ4v) is 5.31. The molecule has 4 heteroatoms. The van der Waals surface area contributed by atoms with E-state index in [1.165, 1.54) is 141 Å². The van der Waals surface area contributed by atoms with Crippen LogP contribution in [0, 0.1) is 0 Å². The predicted octanol–water partition coefficient (Wildman–Crippen LogP) is 13.0. The van der Waals surface area contributed by atoms with Gasteiger partial charge in [-0.3, -0.25) is 0 Å². The number of unbranched alkanes of at least 4 members (excludes halogenated alkanes) is 18. The minimum absolute atomic E-state index is 0. The zero-order valence-corrected chi connectivity index (χ0v) is 31.5. The van der Waals surface area contributed by atoms with E-state index in [0.717, 1.165) is 39.2 Å². The lowest BCUT2D eigenvalue weighted by Crippen LogP contribution is -2.32. The average Bonchev–Trinajstić information content (AvgIpc) is 3.01. The van der Waals surface area contributed by atoms with Gasteiger partial charge < -0.3 is 14.4 Å². The summed E-state index contributed by atoms with van der Waals surface area (Å²) >= 11 is 0. The van der Waals surface area contributed by atoms with E-state index in [-0.39, 0.29) is 18.5 Å². The molecular weight excluding hydrogens is 574 g/mol. The zero-order valence-electron chi connectivity index (χ0n) is 30.7. The molecule has 0 spiro atoms. The van der Waals surface area contributed by atoms with Crippen molar-refractivity contribution in [1.29, 1.82) is 0 Å². The molecule has 45 heavy (non-hydrogen) atoms. The molecule has 1 unspecified atom stereocenters. The fourth-order valence-electron chi connectivity index (χ4n) is 5.31. The molecule has 1 atom stereocenters. The highest BCUT2D eigenvalue weighted by Crippen LogP contribution is 2.11. The van der Waals surface area contributed by atoms with Gasteiger partial charge in [0, 0.05) is 19.8 Å². The Hall–Kier alpha value is -0.870. The molecular formula is C41H78ClNO2. The second-order valence-corrected chi connectivity index (χ2v) is 13.0. The van der Waals surface area contributed by atoms with Crippen molar-refractivity contribution in [2.45, 2.75) is 174 Å². The topological polar surface area (TPSA) is 21.7 Å². The van der Waals surface area contributed by atoms with Gasteiger partial charge in [0.2, 0.25) is 0 Å². The van der Waals surface area contributed by atoms with E-state index in [0.29, 0.717) is 0 Å². The van der Waals surface area contributed by atoms with Crippen LogP contribution in [0.5, 0.6) is 0 Å². The number of halogens is 1. The van der Waals surface area contributed by atoms with Gasteiger partial charge in [-0.25, -0.2) is 0 Å². The van der Waals surface area contributed by atoms with Crippen LogP contribution in [-0.2, 0) is 9.47 Å². The number of allylic oxidation sites excluding steroid dienone is 8. The Morgan fingerprint density at radius 2 is 0.844 bits per heavy atom. The molecule has 0 fully saturated rings. The number of hydrogen-bond acceptors (Lipinski definition) is 3. The van der Waals surface area contributed by atoms with Crippen LogP contribution in [0.4, 0.5) is 0 Å². The van der Waals surface area contributed by atoms with Crippen LogP contribution < -0.4 is 0 Å². The Morgan fingerprint density at radius 1 is 0.467 bits per heavy atom. The summed E-state index contributed by atoms with van der Waals surface area (Å²) < 4.78 is 12.2. The molecule has 0 rings (SSSR count). The summed E-state index contributed by atoms with van der Waals surface area (Å²) in [6.45, 7) is 7.92. The molecule has 0 aliphatic rings. The first-order valence-electron chi connectivity index (χ1n) is 19.1. The molecule has 0 aliphatic heterocycles. The van der Waals surface area contributed by atoms with Gasteiger partial charge >= 0.3 is 0 Å². The Morgan fingerprint density at radius 3 is 1.27 bits per heavy atom. The molecule has 0 aromatic heterocycles. The first-order valence-corrected chi connectivity index (χ1v) is 19.1. The van der Waals surface area contributed by atoms with Gasteiger partial charge in [-0.15, -0.1) is 12.4 Å². The van der Waals surface area contributed by atoms with Crippen LogP contribution in [0.2, 0.25) is 0 Å². The lowest BCUT2D eigenvalue weighted by molar-refractivity contribution is -0.0287. The summed E-state index contributed by atoms with van der Waals surface area (Å²) in [5.74, 6) is 0. The van der Waals surface area contributed by atoms with Crippen LogP contribution in [-0.4, -0.2) is 51.5 Å². The predicted molar refractivity (Wildman–Crippen MR) is 205 cm³/mol. The minimum atomic E-state index is 0. The lowest BCUT2D eigenvalue weighted by atomic mass is 10.1. The van der Waals surface area contributed by atoms with Crippen molar-refractivity contribution >= 4 is 12.4 Å². The fraction of sp³-hybridized carbons (Fsp3) is 0.805. The highest BCUT2D eigenvalue weighted by Gasteiger charge is 2.10. The summed E-state index contributed by atoms with van der Waals surface area (Å²) in [6, 6.07) is 0. The highest BCUT2D eigenvalue weighted by molar-refractivity contribution is 5.85. The summed E-state index contributed by atoms with van der Waals surface area (Å²) in [4.78, 5) is 2.22. The monoisotopic (exact) mass is 652 g/mol. The van der Waals surface area contributed by atoms with Gasteiger partial charge in [0.1, 0.15) is 0 Å². The molecule has 0 aromatic carbocycles. The molecule has 0 aromatic rings. The second-order valence-electron chi connectivity index (χ2n) is 13.0. The van der Waals surface area contributed by atoms with E-state index in [9.17, 15) is 0 Å². The van der Waals surface area contributed by atoms with Crippen LogP contribution in [0.1, 0.15) is 168 Å². The third-order valence-electron chi connectivity index (χ3n) is 8.06. The van der Waals surface area contributed by atoms with Crippen molar-refractivity contribution in [3.05, 3.63) is 48.6 Å². The van der Waals surface area contributed by atoms with Crippen LogP contribution in [0.25, 0.3) is 0 Å². The molecule has 266 valence electrons. The molecule has 0 aliphatic carbocycles. The number of nitrogens with zero attached hydrogens (tertiary/aromatic N) is 1. The summed E-state index contributed by atoms with van der Waals surface area (Å²) in [5, 5.41) is 0. The van der Waals surface area contributed by atoms with Gasteiger partial charge in [0.25, 0.3) is 0 Å². The van der Waals surface area contributed by atoms with Gasteiger partial charge in [-0.1, -0.05) is 140 Å². The Kier molecular flexibility index (Phi) is 42.3. The van der Waals surface area contributed by atoms with Gasteiger partial charge in [0.05, 0.1) is 12.7 Å². The smallest absolute Gasteiger partial charge is 0.0934 e. The highest BCUT2D eigenvalue weighted by atomic mass is 35.5. The van der Waals surface area contributed by atoms with Gasteiger partial charge in [-0.2, -0.15) is 0 Å². The van der Waals surface area contributed by atoms with E-state index in [2.05, 4.69) is 81.5 Å². The molecule has 3 nitrogen and oxygen atoms in total. The molecule has 0 radical (unpaired) electrons. The lowest BCUT2D eigenvalue weighted by Gasteiger charge is -2.21. The van der Waals surface area contributed by atoms with Gasteiger partial charge in [-0.05, 0) is 91.1 Å². The van der Waals surface area contributed by atoms with Crippen molar-refractivity contribution in [2.75, 3.05) is 40.5 Å². The molecule has 0 heterocycles. The second kappa shape index (κ2) is 41.2. The number of likely N-dealkylation sites (N-methyl/N-ethyl adjacent to an activating group) is 1. The maximum absolute atomic E-state index is 6.21. The Labute approximate surface area is 289 Å². The summed E-state index contributed by atoms with van der Waals surface area (Å²) in [6.07, 6.45) is 49.7. The number of ether oxygens (including phenoxy) is 2. The first kappa shape index (κ1) is 46.2. The van der Waals surface area contributed by atoms with Gasteiger partial charge in [0.15, 0.2) is 0 Å². The largest absolute Gasteiger partial charge is 0.379 e. The van der Waals surface area contributed by atoms with E-state index in [1.54, 1.807) is 0 Å². The molecule has 0 saturated heterocycles. The third-order valence-corrected chi connectivity index (χ3v) is 8.06. The van der Waals surface area contributed by atoms with Crippen LogP contribution in [0.3, 0.4) is 0 Å². The van der Waals surface area contributed by atoms with E-state index >= 15 is 0 Å². The normalized spacial score (nSPS) is 12.9. The average molecular weight is 653 g/mol. The number of rotatable bonds is 35. The quantitative estimate of drug-likeness (QED) is 0.0502. The SMILES string of the molecule is CCCCC/C=C\C/C=C\CCCCCCCCOCC(CN(C)C)OCCCCCCCC/C=C\C/C=C\CCCCC.Cl. The third kappa shape index (κ3) is 41.1. The van der Waals surface area contributed by atoms with Crippen LogP contribution in [0.15, 0.2) is 48.6 Å². The van der Waals surface area contributed by atoms with Crippen molar-refractivity contribution in [3.8, 4) is 0 Å². The summed E-state index contributed by atoms with van der Waals surface area (Å²) in [5.41, 5.74) is 0. The molecule has 0 amide bonds. The van der Waals surface area contributed by atoms with Crippen LogP contribution >= 0.6 is 12.4 Å². The maximum Gasteiger partial charge on any atom is 0.0934 e. The summed E-state index contributed by atoms with van der Waals surface area (Å²) in [7, 11) is 4.25. The van der Waals surface area contributed by atoms with Crippen molar-refractivity contribution < 1.29 is 9.47 Å². The van der Waals surface area contributed by atoms with E-state index < -0.39 is 0 Å². The standard InChI is InChI=1S/C41H77NO2.ClH/c1-5-7-9-11-13-15-17-19-21-23-25-27-29-31-33-35-37-43-40-41(39-42(3)4)44-38-36-34-32-30-28-26-24-22-20-18-16-14-12-10-8-6-2;/h13-16,19-22,41H,5-12,17-18,23-40H2,1-4H3;1H/b15-13-,16-14-,21-19-,22-20-;. The zero-order chi connectivity index (χ0) is 32.0. The number of hydrogen-bond donors (Lipinski definition) is 0. The van der Waals surface area contributed by atoms with E-state index in [1.807, 2.05) is 0 Å². The first-order chi connectivity index (χ1) is 21.7. The molecule has 0 N–H and O–H groups in total. The van der Waals surface area contributed by atoms with Crippen molar-refractivity contribution in [1.82, 2.24) is 4.90 Å². The Balaban J connectivity index is 0. The maximum atomic E-state index is 6.21. The van der Waals surface area contributed by atoms with Crippen molar-refractivity contribution in [2.24, 2.45) is 0 Å². The van der Waals surface area contributed by atoms with Crippen molar-refractivity contribution in [3.63, 3.8) is 0 Å². The molecule has 0 saturated carbocycles. The minimum Gasteiger partial charge on any atom is -0.379 e.